The third-order valence-electron chi connectivity index (χ3n) is 2.34. The van der Waals surface area contributed by atoms with E-state index in [0.717, 1.165) is 0 Å². The molecule has 0 aromatic heterocycles. The lowest BCUT2D eigenvalue weighted by Gasteiger charge is -2.22. The van der Waals surface area contributed by atoms with Gasteiger partial charge >= 0.3 is 0 Å². The van der Waals surface area contributed by atoms with Crippen LogP contribution in [0.3, 0.4) is 0 Å². The molecule has 0 bridgehead atoms. The Bertz CT molecular complexity index is 447. The number of aliphatic hydroxyl groups excluding tert-OH is 2. The molecule has 104 valence electrons. The van der Waals surface area contributed by atoms with Gasteiger partial charge in [-0.25, -0.2) is 0 Å². The fourth-order valence-corrected chi connectivity index (χ4v) is 1.53. The summed E-state index contributed by atoms with van der Waals surface area (Å²) in [5.41, 5.74) is 8.41. The summed E-state index contributed by atoms with van der Waals surface area (Å²) in [7, 11) is 0. The first-order valence-corrected chi connectivity index (χ1v) is 5.99. The number of azide groups is 1. The summed E-state index contributed by atoms with van der Waals surface area (Å²) in [5, 5.41) is 22.7. The molecular weight excluding hydrogens is 246 g/mol. The molecule has 0 aliphatic heterocycles. The molecule has 1 rings (SSSR count). The maximum absolute atomic E-state index is 9.87. The summed E-state index contributed by atoms with van der Waals surface area (Å²) >= 11 is 0. The topological polar surface area (TPSA) is 98.5 Å². The van der Waals surface area contributed by atoms with Gasteiger partial charge in [-0.2, -0.15) is 0 Å². The monoisotopic (exact) mass is 265 g/mol. The van der Waals surface area contributed by atoms with Crippen LogP contribution in [0.15, 0.2) is 29.4 Å². The minimum absolute atomic E-state index is 0.169. The normalized spacial score (nSPS) is 14.4. The van der Waals surface area contributed by atoms with Gasteiger partial charge in [0.2, 0.25) is 0 Å². The van der Waals surface area contributed by atoms with Crippen molar-refractivity contribution >= 4 is 0 Å². The first-order chi connectivity index (χ1) is 8.83. The SMILES string of the molecule is CC(C)(C)Oc1ccc(C(O)C(O)CN=[N+]=[N-])cc1. The molecule has 2 unspecified atom stereocenters. The summed E-state index contributed by atoms with van der Waals surface area (Å²) in [4.78, 5) is 2.54. The number of benzene rings is 1. The zero-order chi connectivity index (χ0) is 14.5. The van der Waals surface area contributed by atoms with E-state index >= 15 is 0 Å². The van der Waals surface area contributed by atoms with Crippen LogP contribution < -0.4 is 4.74 Å². The standard InChI is InChI=1S/C13H19N3O3/c1-13(2,3)19-10-6-4-9(5-7-10)12(18)11(17)8-15-16-14/h4-7,11-12,17-18H,8H2,1-3H3. The average molecular weight is 265 g/mol. The molecule has 19 heavy (non-hydrogen) atoms. The highest BCUT2D eigenvalue weighted by molar-refractivity contribution is 5.29. The van der Waals surface area contributed by atoms with Gasteiger partial charge in [-0.3, -0.25) is 0 Å². The van der Waals surface area contributed by atoms with Crippen LogP contribution in [0, 0.1) is 0 Å². The Labute approximate surface area is 112 Å². The maximum Gasteiger partial charge on any atom is 0.120 e. The minimum Gasteiger partial charge on any atom is -0.488 e. The van der Waals surface area contributed by atoms with Crippen LogP contribution >= 0.6 is 0 Å². The Morgan fingerprint density at radius 3 is 2.32 bits per heavy atom. The summed E-state index contributed by atoms with van der Waals surface area (Å²) in [5.74, 6) is 0.688. The molecule has 0 saturated heterocycles. The van der Waals surface area contributed by atoms with E-state index in [4.69, 9.17) is 10.3 Å². The molecule has 0 spiro atoms. The van der Waals surface area contributed by atoms with E-state index < -0.39 is 12.2 Å². The number of aliphatic hydroxyl groups is 2. The highest BCUT2D eigenvalue weighted by atomic mass is 16.5. The Morgan fingerprint density at radius 2 is 1.84 bits per heavy atom. The molecule has 0 radical (unpaired) electrons. The Hall–Kier alpha value is -1.75. The second-order valence-electron chi connectivity index (χ2n) is 5.21. The van der Waals surface area contributed by atoms with Crippen molar-refractivity contribution in [1.82, 2.24) is 0 Å². The van der Waals surface area contributed by atoms with Gasteiger partial charge in [0.25, 0.3) is 0 Å². The van der Waals surface area contributed by atoms with Crippen LogP contribution in [0.5, 0.6) is 5.75 Å². The lowest BCUT2D eigenvalue weighted by Crippen LogP contribution is -2.23. The second kappa shape index (κ2) is 6.43. The van der Waals surface area contributed by atoms with Crippen LogP contribution in [0.1, 0.15) is 32.4 Å². The fraction of sp³-hybridized carbons (Fsp3) is 0.538. The molecule has 0 saturated carbocycles. The van der Waals surface area contributed by atoms with Crippen LogP contribution in [-0.4, -0.2) is 28.5 Å². The first kappa shape index (κ1) is 15.3. The smallest absolute Gasteiger partial charge is 0.120 e. The second-order valence-corrected chi connectivity index (χ2v) is 5.21. The molecule has 6 nitrogen and oxygen atoms in total. The van der Waals surface area contributed by atoms with E-state index in [-0.39, 0.29) is 12.1 Å². The molecule has 0 heterocycles. The summed E-state index contributed by atoms with van der Waals surface area (Å²) < 4.78 is 5.65. The Kier molecular flexibility index (Phi) is 5.18. The molecule has 0 aliphatic rings. The van der Waals surface area contributed by atoms with E-state index in [1.807, 2.05) is 20.8 Å². The highest BCUT2D eigenvalue weighted by Gasteiger charge is 2.18. The van der Waals surface area contributed by atoms with Crippen LogP contribution in [0.25, 0.3) is 10.4 Å². The molecule has 6 heteroatoms. The fourth-order valence-electron chi connectivity index (χ4n) is 1.53. The van der Waals surface area contributed by atoms with Gasteiger partial charge in [0.15, 0.2) is 0 Å². The molecule has 1 aromatic rings. The van der Waals surface area contributed by atoms with Crippen molar-refractivity contribution in [2.45, 2.75) is 38.6 Å². The number of ether oxygens (including phenoxy) is 1. The largest absolute Gasteiger partial charge is 0.488 e. The number of hydrogen-bond acceptors (Lipinski definition) is 4. The highest BCUT2D eigenvalue weighted by Crippen LogP contribution is 2.23. The van der Waals surface area contributed by atoms with Gasteiger partial charge in [0, 0.05) is 4.91 Å². The van der Waals surface area contributed by atoms with Crippen molar-refractivity contribution < 1.29 is 14.9 Å². The van der Waals surface area contributed by atoms with Gasteiger partial charge in [-0.15, -0.1) is 0 Å². The Balaban J connectivity index is 2.72. The minimum atomic E-state index is -1.12. The van der Waals surface area contributed by atoms with Crippen molar-refractivity contribution in [1.29, 1.82) is 0 Å². The number of hydrogen-bond donors (Lipinski definition) is 2. The predicted octanol–water partition coefficient (Wildman–Crippen LogP) is 2.57. The van der Waals surface area contributed by atoms with E-state index in [1.165, 1.54) is 0 Å². The Morgan fingerprint density at radius 1 is 1.26 bits per heavy atom. The van der Waals surface area contributed by atoms with Crippen molar-refractivity contribution in [3.8, 4) is 5.75 Å². The third kappa shape index (κ3) is 5.18. The van der Waals surface area contributed by atoms with Crippen LogP contribution in [0.4, 0.5) is 0 Å². The maximum atomic E-state index is 9.87. The van der Waals surface area contributed by atoms with Gasteiger partial charge in [0.05, 0.1) is 12.6 Å². The summed E-state index contributed by atoms with van der Waals surface area (Å²) in [6.45, 7) is 5.66. The van der Waals surface area contributed by atoms with Gasteiger partial charge < -0.3 is 14.9 Å². The zero-order valence-electron chi connectivity index (χ0n) is 11.3. The molecule has 2 atom stereocenters. The van der Waals surface area contributed by atoms with Crippen molar-refractivity contribution in [2.75, 3.05) is 6.54 Å². The molecular formula is C13H19N3O3. The van der Waals surface area contributed by atoms with Crippen LogP contribution in [0.2, 0.25) is 0 Å². The first-order valence-electron chi connectivity index (χ1n) is 5.99. The molecule has 1 aromatic carbocycles. The number of rotatable bonds is 5. The predicted molar refractivity (Wildman–Crippen MR) is 71.8 cm³/mol. The molecule has 0 fully saturated rings. The van der Waals surface area contributed by atoms with Gasteiger partial charge in [-0.05, 0) is 44.0 Å². The lowest BCUT2D eigenvalue weighted by atomic mass is 10.0. The zero-order valence-corrected chi connectivity index (χ0v) is 11.3. The molecule has 2 N–H and O–H groups in total. The van der Waals surface area contributed by atoms with E-state index in [9.17, 15) is 10.2 Å². The van der Waals surface area contributed by atoms with Crippen molar-refractivity contribution in [3.63, 3.8) is 0 Å². The third-order valence-corrected chi connectivity index (χ3v) is 2.34. The average Bonchev–Trinajstić information content (AvgIpc) is 2.34. The van der Waals surface area contributed by atoms with E-state index in [1.54, 1.807) is 24.3 Å². The summed E-state index contributed by atoms with van der Waals surface area (Å²) in [6, 6.07) is 6.80. The van der Waals surface area contributed by atoms with Crippen LogP contribution in [-0.2, 0) is 0 Å². The molecule has 0 aliphatic carbocycles. The molecule has 0 amide bonds. The number of nitrogens with zero attached hydrogens (tertiary/aromatic N) is 3. The van der Waals surface area contributed by atoms with E-state index in [0.29, 0.717) is 11.3 Å². The van der Waals surface area contributed by atoms with Gasteiger partial charge in [-0.1, -0.05) is 17.2 Å². The quantitative estimate of drug-likeness (QED) is 0.486. The van der Waals surface area contributed by atoms with Gasteiger partial charge in [0.1, 0.15) is 17.5 Å². The lowest BCUT2D eigenvalue weighted by molar-refractivity contribution is 0.0243. The summed E-state index contributed by atoms with van der Waals surface area (Å²) in [6.07, 6.45) is -2.21. The van der Waals surface area contributed by atoms with Crippen molar-refractivity contribution in [2.24, 2.45) is 5.11 Å². The van der Waals surface area contributed by atoms with Crippen molar-refractivity contribution in [3.05, 3.63) is 40.3 Å². The van der Waals surface area contributed by atoms with E-state index in [2.05, 4.69) is 10.0 Å².